The van der Waals surface area contributed by atoms with Gasteiger partial charge in [-0.05, 0) is 25.0 Å². The summed E-state index contributed by atoms with van der Waals surface area (Å²) >= 11 is 0. The molecule has 2 rings (SSSR count). The summed E-state index contributed by atoms with van der Waals surface area (Å²) in [6.07, 6.45) is 7.68. The van der Waals surface area contributed by atoms with E-state index in [1.807, 2.05) is 0 Å². The quantitative estimate of drug-likeness (QED) is 0.660. The van der Waals surface area contributed by atoms with E-state index in [-0.39, 0.29) is 12.4 Å². The molecule has 0 radical (unpaired) electrons. The summed E-state index contributed by atoms with van der Waals surface area (Å²) < 4.78 is 0. The molecule has 0 aromatic heterocycles. The Morgan fingerprint density at radius 1 is 1.13 bits per heavy atom. The minimum absolute atomic E-state index is 0. The van der Waals surface area contributed by atoms with E-state index in [1.165, 1.54) is 5.69 Å². The van der Waals surface area contributed by atoms with Crippen molar-refractivity contribution in [1.82, 2.24) is 0 Å². The standard InChI is InChI=1S/C13H15N.ClH/c1-2-12-8-10-14(11-9-12)13-6-4-3-5-7-13;/h1,3-7,12H,8-11H2;1H. The van der Waals surface area contributed by atoms with Crippen LogP contribution in [0.25, 0.3) is 0 Å². The molecular weight excluding hydrogens is 206 g/mol. The molecule has 2 heteroatoms. The Morgan fingerprint density at radius 2 is 1.73 bits per heavy atom. The minimum atomic E-state index is 0. The number of terminal acetylenes is 1. The van der Waals surface area contributed by atoms with E-state index in [0.717, 1.165) is 25.9 Å². The van der Waals surface area contributed by atoms with E-state index in [9.17, 15) is 0 Å². The molecule has 1 fully saturated rings. The number of para-hydroxylation sites is 1. The Kier molecular flexibility index (Phi) is 4.52. The van der Waals surface area contributed by atoms with Crippen LogP contribution in [-0.2, 0) is 0 Å². The van der Waals surface area contributed by atoms with Gasteiger partial charge in [-0.15, -0.1) is 24.8 Å². The van der Waals surface area contributed by atoms with Crippen molar-refractivity contribution >= 4 is 18.1 Å². The molecule has 1 aromatic rings. The fraction of sp³-hybridized carbons (Fsp3) is 0.385. The fourth-order valence-electron chi connectivity index (χ4n) is 1.94. The maximum absolute atomic E-state index is 5.42. The molecule has 1 nitrogen and oxygen atoms in total. The van der Waals surface area contributed by atoms with Crippen LogP contribution in [0.5, 0.6) is 0 Å². The highest BCUT2D eigenvalue weighted by Gasteiger charge is 2.16. The van der Waals surface area contributed by atoms with Gasteiger partial charge in [0.2, 0.25) is 0 Å². The summed E-state index contributed by atoms with van der Waals surface area (Å²) in [6.45, 7) is 2.19. The summed E-state index contributed by atoms with van der Waals surface area (Å²) in [6, 6.07) is 10.6. The molecule has 15 heavy (non-hydrogen) atoms. The lowest BCUT2D eigenvalue weighted by molar-refractivity contribution is 0.492. The molecule has 0 saturated carbocycles. The summed E-state index contributed by atoms with van der Waals surface area (Å²) in [7, 11) is 0. The van der Waals surface area contributed by atoms with Gasteiger partial charge in [0.25, 0.3) is 0 Å². The zero-order valence-electron chi connectivity index (χ0n) is 8.73. The van der Waals surface area contributed by atoms with E-state index < -0.39 is 0 Å². The maximum atomic E-state index is 5.42. The van der Waals surface area contributed by atoms with E-state index in [1.54, 1.807) is 0 Å². The van der Waals surface area contributed by atoms with Crippen LogP contribution in [-0.4, -0.2) is 13.1 Å². The zero-order valence-corrected chi connectivity index (χ0v) is 9.54. The van der Waals surface area contributed by atoms with Gasteiger partial charge in [-0.1, -0.05) is 18.2 Å². The Balaban J connectivity index is 0.00000112. The third-order valence-corrected chi connectivity index (χ3v) is 2.85. The molecule has 0 spiro atoms. The minimum Gasteiger partial charge on any atom is -0.371 e. The lowest BCUT2D eigenvalue weighted by Gasteiger charge is -2.31. The van der Waals surface area contributed by atoms with Gasteiger partial charge in [-0.3, -0.25) is 0 Å². The molecule has 80 valence electrons. The number of halogens is 1. The zero-order chi connectivity index (χ0) is 9.80. The highest BCUT2D eigenvalue weighted by Crippen LogP contribution is 2.22. The van der Waals surface area contributed by atoms with Gasteiger partial charge < -0.3 is 4.90 Å². The van der Waals surface area contributed by atoms with Crippen molar-refractivity contribution in [3.05, 3.63) is 30.3 Å². The first kappa shape index (κ1) is 11.9. The van der Waals surface area contributed by atoms with Crippen molar-refractivity contribution in [3.63, 3.8) is 0 Å². The molecule has 0 amide bonds. The van der Waals surface area contributed by atoms with Crippen LogP contribution in [0.4, 0.5) is 5.69 Å². The average Bonchev–Trinajstić information content (AvgIpc) is 2.30. The van der Waals surface area contributed by atoms with Crippen LogP contribution in [0.2, 0.25) is 0 Å². The first-order valence-electron chi connectivity index (χ1n) is 5.16. The molecule has 0 atom stereocenters. The second kappa shape index (κ2) is 5.68. The second-order valence-electron chi connectivity index (χ2n) is 3.76. The number of benzene rings is 1. The van der Waals surface area contributed by atoms with E-state index in [4.69, 9.17) is 6.42 Å². The van der Waals surface area contributed by atoms with Gasteiger partial charge in [-0.2, -0.15) is 0 Å². The van der Waals surface area contributed by atoms with Gasteiger partial charge in [0.15, 0.2) is 0 Å². The van der Waals surface area contributed by atoms with Crippen molar-refractivity contribution in [2.75, 3.05) is 18.0 Å². The van der Waals surface area contributed by atoms with Crippen molar-refractivity contribution in [2.24, 2.45) is 5.92 Å². The largest absolute Gasteiger partial charge is 0.371 e. The smallest absolute Gasteiger partial charge is 0.0366 e. The summed E-state index contributed by atoms with van der Waals surface area (Å²) in [4.78, 5) is 2.41. The number of rotatable bonds is 1. The summed E-state index contributed by atoms with van der Waals surface area (Å²) in [5.41, 5.74) is 1.32. The van der Waals surface area contributed by atoms with Crippen LogP contribution in [0.15, 0.2) is 30.3 Å². The number of nitrogens with zero attached hydrogens (tertiary/aromatic N) is 1. The molecule has 0 unspecified atom stereocenters. The third kappa shape index (κ3) is 2.91. The molecule has 1 aromatic carbocycles. The molecule has 1 saturated heterocycles. The lowest BCUT2D eigenvalue weighted by Crippen LogP contribution is -2.33. The van der Waals surface area contributed by atoms with Crippen LogP contribution in [0.3, 0.4) is 0 Å². The lowest BCUT2D eigenvalue weighted by atomic mass is 9.97. The first-order valence-corrected chi connectivity index (χ1v) is 5.16. The Labute approximate surface area is 97.9 Å². The van der Waals surface area contributed by atoms with Gasteiger partial charge in [-0.25, -0.2) is 0 Å². The van der Waals surface area contributed by atoms with Crippen LogP contribution in [0, 0.1) is 18.3 Å². The van der Waals surface area contributed by atoms with Gasteiger partial charge >= 0.3 is 0 Å². The highest BCUT2D eigenvalue weighted by molar-refractivity contribution is 5.85. The third-order valence-electron chi connectivity index (χ3n) is 2.85. The van der Waals surface area contributed by atoms with Crippen LogP contribution >= 0.6 is 12.4 Å². The Morgan fingerprint density at radius 3 is 2.27 bits per heavy atom. The Bertz CT molecular complexity index is 320. The number of hydrogen-bond acceptors (Lipinski definition) is 1. The number of anilines is 1. The van der Waals surface area contributed by atoms with E-state index >= 15 is 0 Å². The molecule has 1 aliphatic rings. The molecule has 0 N–H and O–H groups in total. The second-order valence-corrected chi connectivity index (χ2v) is 3.76. The normalized spacial score (nSPS) is 16.6. The number of piperidine rings is 1. The molecule has 1 aliphatic heterocycles. The monoisotopic (exact) mass is 221 g/mol. The van der Waals surface area contributed by atoms with Gasteiger partial charge in [0.05, 0.1) is 0 Å². The van der Waals surface area contributed by atoms with E-state index in [2.05, 4.69) is 41.2 Å². The van der Waals surface area contributed by atoms with Gasteiger partial charge in [0, 0.05) is 24.7 Å². The molecule has 1 heterocycles. The van der Waals surface area contributed by atoms with Crippen molar-refractivity contribution in [3.8, 4) is 12.3 Å². The molecular formula is C13H16ClN. The predicted molar refractivity (Wildman–Crippen MR) is 67.5 cm³/mol. The summed E-state index contributed by atoms with van der Waals surface area (Å²) in [5.74, 6) is 3.34. The SMILES string of the molecule is C#CC1CCN(c2ccccc2)CC1.Cl. The van der Waals surface area contributed by atoms with E-state index in [0.29, 0.717) is 5.92 Å². The molecule has 0 bridgehead atoms. The Hall–Kier alpha value is -1.13. The first-order chi connectivity index (χ1) is 6.90. The van der Waals surface area contributed by atoms with Crippen LogP contribution in [0.1, 0.15) is 12.8 Å². The predicted octanol–water partition coefficient (Wildman–Crippen LogP) is 2.96. The van der Waals surface area contributed by atoms with Crippen LogP contribution < -0.4 is 4.90 Å². The van der Waals surface area contributed by atoms with Crippen molar-refractivity contribution < 1.29 is 0 Å². The van der Waals surface area contributed by atoms with Crippen molar-refractivity contribution in [2.45, 2.75) is 12.8 Å². The summed E-state index contributed by atoms with van der Waals surface area (Å²) in [5, 5.41) is 0. The van der Waals surface area contributed by atoms with Gasteiger partial charge in [0.1, 0.15) is 0 Å². The molecule has 0 aliphatic carbocycles. The topological polar surface area (TPSA) is 3.24 Å². The number of hydrogen-bond donors (Lipinski definition) is 0. The van der Waals surface area contributed by atoms with Crippen molar-refractivity contribution in [1.29, 1.82) is 0 Å². The fourth-order valence-corrected chi connectivity index (χ4v) is 1.94. The maximum Gasteiger partial charge on any atom is 0.0366 e. The highest BCUT2D eigenvalue weighted by atomic mass is 35.5. The average molecular weight is 222 g/mol.